The maximum Gasteiger partial charge on any atom is 0.252 e. The fourth-order valence-electron chi connectivity index (χ4n) is 3.61. The summed E-state index contributed by atoms with van der Waals surface area (Å²) in [6, 6.07) is 9.30. The highest BCUT2D eigenvalue weighted by molar-refractivity contribution is 6.36. The lowest BCUT2D eigenvalue weighted by molar-refractivity contribution is 0.0931. The fourth-order valence-corrected chi connectivity index (χ4v) is 4.10. The summed E-state index contributed by atoms with van der Waals surface area (Å²) >= 11 is 12.1. The standard InChI is InChI=1S/C20H25Cl2N3O/c1-24-10-6-7-18(24)19(25-11-4-2-3-5-12-25)14-23-20(26)16-9-8-15(21)13-17(16)22/h6-10,13,19H,2-5,11-12,14H2,1H3,(H,23,26). The molecule has 6 heteroatoms. The summed E-state index contributed by atoms with van der Waals surface area (Å²) in [4.78, 5) is 15.1. The van der Waals surface area contributed by atoms with Crippen LogP contribution in [-0.4, -0.2) is 35.0 Å². The van der Waals surface area contributed by atoms with E-state index in [1.165, 1.54) is 31.4 Å². The van der Waals surface area contributed by atoms with Crippen LogP contribution in [0.15, 0.2) is 36.5 Å². The molecule has 3 rings (SSSR count). The van der Waals surface area contributed by atoms with Crippen LogP contribution in [-0.2, 0) is 7.05 Å². The van der Waals surface area contributed by atoms with Crippen molar-refractivity contribution in [3.63, 3.8) is 0 Å². The molecule has 2 aromatic rings. The molecule has 1 unspecified atom stereocenters. The van der Waals surface area contributed by atoms with Gasteiger partial charge in [0.05, 0.1) is 16.6 Å². The first-order valence-corrected chi connectivity index (χ1v) is 9.90. The first-order chi connectivity index (χ1) is 12.6. The van der Waals surface area contributed by atoms with Crippen molar-refractivity contribution in [2.75, 3.05) is 19.6 Å². The first-order valence-electron chi connectivity index (χ1n) is 9.15. The Morgan fingerprint density at radius 1 is 1.15 bits per heavy atom. The van der Waals surface area contributed by atoms with Crippen LogP contribution in [0.25, 0.3) is 0 Å². The van der Waals surface area contributed by atoms with Gasteiger partial charge in [0.15, 0.2) is 0 Å². The molecule has 140 valence electrons. The van der Waals surface area contributed by atoms with Gasteiger partial charge < -0.3 is 9.88 Å². The molecule has 0 bridgehead atoms. The summed E-state index contributed by atoms with van der Waals surface area (Å²) in [6.45, 7) is 2.68. The highest BCUT2D eigenvalue weighted by Crippen LogP contribution is 2.25. The number of likely N-dealkylation sites (tertiary alicyclic amines) is 1. The first kappa shape index (κ1) is 19.3. The Morgan fingerprint density at radius 3 is 2.50 bits per heavy atom. The summed E-state index contributed by atoms with van der Waals surface area (Å²) in [7, 11) is 2.05. The lowest BCUT2D eigenvalue weighted by Crippen LogP contribution is -2.39. The molecule has 1 fully saturated rings. The highest BCUT2D eigenvalue weighted by Gasteiger charge is 2.24. The van der Waals surface area contributed by atoms with Gasteiger partial charge in [-0.25, -0.2) is 0 Å². The van der Waals surface area contributed by atoms with Crippen LogP contribution in [0.2, 0.25) is 10.0 Å². The van der Waals surface area contributed by atoms with E-state index in [0.29, 0.717) is 22.2 Å². The second-order valence-corrected chi connectivity index (χ2v) is 7.69. The zero-order valence-corrected chi connectivity index (χ0v) is 16.6. The SMILES string of the molecule is Cn1cccc1C(CNC(=O)c1ccc(Cl)cc1Cl)N1CCCCCC1. The van der Waals surface area contributed by atoms with E-state index < -0.39 is 0 Å². The largest absolute Gasteiger partial charge is 0.353 e. The lowest BCUT2D eigenvalue weighted by Gasteiger charge is -2.31. The number of carbonyl (C=O) groups is 1. The molecule has 0 aliphatic carbocycles. The van der Waals surface area contributed by atoms with Crippen LogP contribution >= 0.6 is 23.2 Å². The molecular weight excluding hydrogens is 369 g/mol. The van der Waals surface area contributed by atoms with Gasteiger partial charge in [-0.05, 0) is 56.3 Å². The number of amides is 1. The Bertz CT molecular complexity index is 751. The number of nitrogens with one attached hydrogen (secondary N) is 1. The Kier molecular flexibility index (Phi) is 6.63. The zero-order valence-electron chi connectivity index (χ0n) is 15.0. The van der Waals surface area contributed by atoms with Crippen molar-refractivity contribution in [1.82, 2.24) is 14.8 Å². The second-order valence-electron chi connectivity index (χ2n) is 6.84. The van der Waals surface area contributed by atoms with Crippen LogP contribution in [0.1, 0.15) is 47.8 Å². The summed E-state index contributed by atoms with van der Waals surface area (Å²) in [5.41, 5.74) is 1.67. The topological polar surface area (TPSA) is 37.3 Å². The van der Waals surface area contributed by atoms with Crippen molar-refractivity contribution in [3.8, 4) is 0 Å². The number of aryl methyl sites for hydroxylation is 1. The monoisotopic (exact) mass is 393 g/mol. The molecule has 1 aliphatic heterocycles. The Labute approximate surface area is 165 Å². The maximum atomic E-state index is 12.6. The van der Waals surface area contributed by atoms with Gasteiger partial charge in [0.1, 0.15) is 0 Å². The Balaban J connectivity index is 1.75. The van der Waals surface area contributed by atoms with E-state index in [1.54, 1.807) is 18.2 Å². The molecule has 1 N–H and O–H groups in total. The fraction of sp³-hybridized carbons (Fsp3) is 0.450. The third-order valence-corrected chi connectivity index (χ3v) is 5.59. The average Bonchev–Trinajstić information content (AvgIpc) is 2.86. The maximum absolute atomic E-state index is 12.6. The minimum absolute atomic E-state index is 0.156. The van der Waals surface area contributed by atoms with Crippen LogP contribution < -0.4 is 5.32 Å². The van der Waals surface area contributed by atoms with E-state index >= 15 is 0 Å². The molecular formula is C20H25Cl2N3O. The molecule has 2 heterocycles. The zero-order chi connectivity index (χ0) is 18.5. The van der Waals surface area contributed by atoms with E-state index in [1.807, 2.05) is 0 Å². The van der Waals surface area contributed by atoms with Crippen LogP contribution in [0.5, 0.6) is 0 Å². The van der Waals surface area contributed by atoms with Gasteiger partial charge >= 0.3 is 0 Å². The van der Waals surface area contributed by atoms with Crippen molar-refractivity contribution in [2.24, 2.45) is 7.05 Å². The van der Waals surface area contributed by atoms with Crippen molar-refractivity contribution >= 4 is 29.1 Å². The van der Waals surface area contributed by atoms with Crippen molar-refractivity contribution < 1.29 is 4.79 Å². The Morgan fingerprint density at radius 2 is 1.88 bits per heavy atom. The number of carbonyl (C=O) groups excluding carboxylic acids is 1. The van der Waals surface area contributed by atoms with Gasteiger partial charge in [0, 0.05) is 30.5 Å². The molecule has 1 aromatic heterocycles. The summed E-state index contributed by atoms with van der Waals surface area (Å²) in [5.74, 6) is -0.166. The van der Waals surface area contributed by atoms with Gasteiger partial charge in [0.25, 0.3) is 5.91 Å². The normalized spacial score (nSPS) is 16.9. The summed E-state index contributed by atoms with van der Waals surface area (Å²) in [5, 5.41) is 3.97. The van der Waals surface area contributed by atoms with Gasteiger partial charge in [-0.3, -0.25) is 9.69 Å². The predicted molar refractivity (Wildman–Crippen MR) is 107 cm³/mol. The third-order valence-electron chi connectivity index (χ3n) is 5.04. The number of aromatic nitrogens is 1. The molecule has 0 radical (unpaired) electrons. The molecule has 4 nitrogen and oxygen atoms in total. The molecule has 1 amide bonds. The van der Waals surface area contributed by atoms with Gasteiger partial charge in [-0.15, -0.1) is 0 Å². The van der Waals surface area contributed by atoms with E-state index in [9.17, 15) is 4.79 Å². The molecule has 1 saturated heterocycles. The third kappa shape index (κ3) is 4.61. The average molecular weight is 394 g/mol. The number of rotatable bonds is 5. The molecule has 0 saturated carbocycles. The van der Waals surface area contributed by atoms with Crippen molar-refractivity contribution in [2.45, 2.75) is 31.7 Å². The molecule has 1 aliphatic rings. The molecule has 26 heavy (non-hydrogen) atoms. The smallest absolute Gasteiger partial charge is 0.252 e. The van der Waals surface area contributed by atoms with E-state index in [-0.39, 0.29) is 11.9 Å². The number of benzene rings is 1. The number of nitrogens with zero attached hydrogens (tertiary/aromatic N) is 2. The minimum atomic E-state index is -0.166. The number of halogens is 2. The molecule has 1 aromatic carbocycles. The predicted octanol–water partition coefficient (Wildman–Crippen LogP) is 4.68. The van der Waals surface area contributed by atoms with Gasteiger partial charge in [0.2, 0.25) is 0 Å². The van der Waals surface area contributed by atoms with Crippen molar-refractivity contribution in [3.05, 3.63) is 57.8 Å². The summed E-state index contributed by atoms with van der Waals surface area (Å²) in [6.07, 6.45) is 7.03. The van der Waals surface area contributed by atoms with Gasteiger partial charge in [-0.1, -0.05) is 36.0 Å². The molecule has 0 spiro atoms. The van der Waals surface area contributed by atoms with Crippen LogP contribution in [0, 0.1) is 0 Å². The minimum Gasteiger partial charge on any atom is -0.353 e. The number of hydrogen-bond donors (Lipinski definition) is 1. The molecule has 1 atom stereocenters. The van der Waals surface area contributed by atoms with Crippen LogP contribution in [0.3, 0.4) is 0 Å². The quantitative estimate of drug-likeness (QED) is 0.800. The summed E-state index contributed by atoms with van der Waals surface area (Å²) < 4.78 is 2.14. The van der Waals surface area contributed by atoms with Crippen molar-refractivity contribution in [1.29, 1.82) is 0 Å². The Hall–Kier alpha value is -1.49. The van der Waals surface area contributed by atoms with E-state index in [4.69, 9.17) is 23.2 Å². The number of hydrogen-bond acceptors (Lipinski definition) is 2. The lowest BCUT2D eigenvalue weighted by atomic mass is 10.1. The second kappa shape index (κ2) is 8.94. The van der Waals surface area contributed by atoms with E-state index in [0.717, 1.165) is 13.1 Å². The van der Waals surface area contributed by atoms with Crippen LogP contribution in [0.4, 0.5) is 0 Å². The highest BCUT2D eigenvalue weighted by atomic mass is 35.5. The van der Waals surface area contributed by atoms with Gasteiger partial charge in [-0.2, -0.15) is 0 Å². The van der Waals surface area contributed by atoms with E-state index in [2.05, 4.69) is 40.2 Å².